The van der Waals surface area contributed by atoms with Crippen molar-refractivity contribution in [2.24, 2.45) is 5.73 Å². The van der Waals surface area contributed by atoms with Gasteiger partial charge in [-0.1, -0.05) is 38.1 Å². The van der Waals surface area contributed by atoms with Crippen molar-refractivity contribution in [3.8, 4) is 5.75 Å². The van der Waals surface area contributed by atoms with Gasteiger partial charge in [0.15, 0.2) is 0 Å². The van der Waals surface area contributed by atoms with Gasteiger partial charge in [-0.15, -0.1) is 0 Å². The second-order valence-electron chi connectivity index (χ2n) is 4.03. The molecule has 2 nitrogen and oxygen atoms in total. The van der Waals surface area contributed by atoms with E-state index in [2.05, 4.69) is 19.9 Å². The predicted molar refractivity (Wildman–Crippen MR) is 65.0 cm³/mol. The van der Waals surface area contributed by atoms with Gasteiger partial charge in [-0.3, -0.25) is 0 Å². The topological polar surface area (TPSA) is 46.2 Å². The summed E-state index contributed by atoms with van der Waals surface area (Å²) in [6.45, 7) is 6.62. The first-order valence-electron chi connectivity index (χ1n) is 5.27. The fraction of sp³-hybridized carbons (Fsp3) is 0.385. The average Bonchev–Trinajstić information content (AvgIpc) is 2.19. The van der Waals surface area contributed by atoms with E-state index in [9.17, 15) is 5.11 Å². The van der Waals surface area contributed by atoms with E-state index in [1.54, 1.807) is 0 Å². The highest BCUT2D eigenvalue weighted by atomic mass is 16.3. The minimum absolute atomic E-state index is 0.367. The Morgan fingerprint density at radius 3 is 2.60 bits per heavy atom. The largest absolute Gasteiger partial charge is 0.507 e. The summed E-state index contributed by atoms with van der Waals surface area (Å²) in [5.41, 5.74) is 8.38. The van der Waals surface area contributed by atoms with E-state index in [1.165, 1.54) is 0 Å². The van der Waals surface area contributed by atoms with Crippen LogP contribution in [-0.2, 0) is 0 Å². The minimum atomic E-state index is 0.367. The van der Waals surface area contributed by atoms with Gasteiger partial charge in [0, 0.05) is 12.1 Å². The number of benzene rings is 1. The lowest BCUT2D eigenvalue weighted by Gasteiger charge is -2.13. The predicted octanol–water partition coefficient (Wildman–Crippen LogP) is 2.80. The molecule has 0 amide bonds. The van der Waals surface area contributed by atoms with Crippen molar-refractivity contribution in [2.45, 2.75) is 26.7 Å². The summed E-state index contributed by atoms with van der Waals surface area (Å²) < 4.78 is 0. The Labute approximate surface area is 91.4 Å². The van der Waals surface area contributed by atoms with Crippen LogP contribution in [0, 0.1) is 6.92 Å². The fourth-order valence-corrected chi connectivity index (χ4v) is 1.60. The second kappa shape index (κ2) is 4.99. The summed E-state index contributed by atoms with van der Waals surface area (Å²) in [6, 6.07) is 4.01. The fourth-order valence-electron chi connectivity index (χ4n) is 1.60. The summed E-state index contributed by atoms with van der Waals surface area (Å²) in [7, 11) is 0. The molecule has 0 bridgehead atoms. The molecule has 1 aromatic carbocycles. The zero-order valence-electron chi connectivity index (χ0n) is 9.62. The van der Waals surface area contributed by atoms with Crippen LogP contribution in [0.4, 0.5) is 0 Å². The number of aromatic hydroxyl groups is 1. The quantitative estimate of drug-likeness (QED) is 0.797. The van der Waals surface area contributed by atoms with Crippen LogP contribution in [0.25, 0.3) is 6.08 Å². The van der Waals surface area contributed by atoms with E-state index in [1.807, 2.05) is 25.1 Å². The Bertz CT molecular complexity index is 367. The molecule has 0 unspecified atom stereocenters. The number of phenolic OH excluding ortho intramolecular Hbond substituents is 1. The lowest BCUT2D eigenvalue weighted by atomic mass is 9.94. The van der Waals surface area contributed by atoms with Crippen LogP contribution in [0.2, 0.25) is 0 Å². The number of aryl methyl sites for hydroxylation is 1. The van der Waals surface area contributed by atoms with Gasteiger partial charge in [-0.2, -0.15) is 0 Å². The van der Waals surface area contributed by atoms with Crippen LogP contribution in [0.3, 0.4) is 0 Å². The van der Waals surface area contributed by atoms with Gasteiger partial charge in [-0.25, -0.2) is 0 Å². The molecule has 0 spiro atoms. The maximum absolute atomic E-state index is 9.96. The molecule has 3 N–H and O–H groups in total. The maximum atomic E-state index is 9.96. The molecular weight excluding hydrogens is 186 g/mol. The zero-order chi connectivity index (χ0) is 11.4. The van der Waals surface area contributed by atoms with Crippen LogP contribution in [0.5, 0.6) is 5.75 Å². The SMILES string of the molecule is Cc1ccc(C(C)C)c(/C=C/CN)c1O. The Morgan fingerprint density at radius 1 is 1.40 bits per heavy atom. The molecule has 0 aliphatic carbocycles. The molecule has 0 atom stereocenters. The van der Waals surface area contributed by atoms with Gasteiger partial charge >= 0.3 is 0 Å². The van der Waals surface area contributed by atoms with E-state index in [4.69, 9.17) is 5.73 Å². The van der Waals surface area contributed by atoms with Gasteiger partial charge in [0.05, 0.1) is 0 Å². The molecule has 1 aromatic rings. The van der Waals surface area contributed by atoms with Crippen molar-refractivity contribution in [1.29, 1.82) is 0 Å². The Hall–Kier alpha value is -1.28. The lowest BCUT2D eigenvalue weighted by Crippen LogP contribution is -1.96. The molecule has 15 heavy (non-hydrogen) atoms. The van der Waals surface area contributed by atoms with Crippen molar-refractivity contribution in [1.82, 2.24) is 0 Å². The smallest absolute Gasteiger partial charge is 0.125 e. The third kappa shape index (κ3) is 2.60. The maximum Gasteiger partial charge on any atom is 0.125 e. The third-order valence-electron chi connectivity index (χ3n) is 2.50. The molecule has 0 radical (unpaired) electrons. The van der Waals surface area contributed by atoms with E-state index < -0.39 is 0 Å². The van der Waals surface area contributed by atoms with E-state index in [0.29, 0.717) is 18.2 Å². The van der Waals surface area contributed by atoms with Crippen molar-refractivity contribution >= 4 is 6.08 Å². The van der Waals surface area contributed by atoms with Crippen molar-refractivity contribution < 1.29 is 5.11 Å². The van der Waals surface area contributed by atoms with Gasteiger partial charge in [-0.05, 0) is 24.0 Å². The third-order valence-corrected chi connectivity index (χ3v) is 2.50. The number of nitrogens with two attached hydrogens (primary N) is 1. The van der Waals surface area contributed by atoms with Gasteiger partial charge in [0.25, 0.3) is 0 Å². The first kappa shape index (κ1) is 11.8. The number of rotatable bonds is 3. The first-order chi connectivity index (χ1) is 7.07. The van der Waals surface area contributed by atoms with Crippen LogP contribution in [0.1, 0.15) is 36.5 Å². The molecule has 1 rings (SSSR count). The van der Waals surface area contributed by atoms with Gasteiger partial charge < -0.3 is 10.8 Å². The molecule has 0 aromatic heterocycles. The highest BCUT2D eigenvalue weighted by Gasteiger charge is 2.10. The molecule has 0 fully saturated rings. The van der Waals surface area contributed by atoms with Gasteiger partial charge in [0.1, 0.15) is 5.75 Å². The van der Waals surface area contributed by atoms with Crippen molar-refractivity contribution in [3.05, 3.63) is 34.9 Å². The van der Waals surface area contributed by atoms with E-state index >= 15 is 0 Å². The van der Waals surface area contributed by atoms with Crippen LogP contribution < -0.4 is 5.73 Å². The average molecular weight is 205 g/mol. The molecule has 0 aliphatic heterocycles. The Balaban J connectivity index is 3.28. The number of phenols is 1. The Kier molecular flexibility index (Phi) is 3.92. The summed E-state index contributed by atoms with van der Waals surface area (Å²) in [6.07, 6.45) is 3.76. The molecular formula is C13H19NO. The van der Waals surface area contributed by atoms with E-state index in [-0.39, 0.29) is 0 Å². The van der Waals surface area contributed by atoms with Crippen LogP contribution >= 0.6 is 0 Å². The summed E-state index contributed by atoms with van der Waals surface area (Å²) in [4.78, 5) is 0. The molecule has 0 heterocycles. The van der Waals surface area contributed by atoms with Crippen molar-refractivity contribution in [3.63, 3.8) is 0 Å². The molecule has 2 heteroatoms. The van der Waals surface area contributed by atoms with Crippen LogP contribution in [-0.4, -0.2) is 11.7 Å². The summed E-state index contributed by atoms with van der Waals surface area (Å²) in [5, 5.41) is 9.96. The first-order valence-corrected chi connectivity index (χ1v) is 5.27. The van der Waals surface area contributed by atoms with Crippen LogP contribution in [0.15, 0.2) is 18.2 Å². The highest BCUT2D eigenvalue weighted by molar-refractivity contribution is 5.63. The molecule has 0 aliphatic rings. The standard InChI is InChI=1S/C13H19NO/c1-9(2)11-7-6-10(3)13(15)12(11)5-4-8-14/h4-7,9,15H,8,14H2,1-3H3/b5-4+. The normalized spacial score (nSPS) is 11.5. The zero-order valence-corrected chi connectivity index (χ0v) is 9.62. The monoisotopic (exact) mass is 205 g/mol. The molecule has 0 saturated heterocycles. The molecule has 82 valence electrons. The Morgan fingerprint density at radius 2 is 2.07 bits per heavy atom. The second-order valence-corrected chi connectivity index (χ2v) is 4.03. The van der Waals surface area contributed by atoms with Crippen molar-refractivity contribution in [2.75, 3.05) is 6.54 Å². The lowest BCUT2D eigenvalue weighted by molar-refractivity contribution is 0.468. The molecule has 0 saturated carbocycles. The van der Waals surface area contributed by atoms with E-state index in [0.717, 1.165) is 16.7 Å². The summed E-state index contributed by atoms with van der Waals surface area (Å²) in [5.74, 6) is 0.764. The van der Waals surface area contributed by atoms with Gasteiger partial charge in [0.2, 0.25) is 0 Å². The highest BCUT2D eigenvalue weighted by Crippen LogP contribution is 2.31. The number of hydrogen-bond acceptors (Lipinski definition) is 2. The number of hydrogen-bond donors (Lipinski definition) is 2. The summed E-state index contributed by atoms with van der Waals surface area (Å²) >= 11 is 0. The minimum Gasteiger partial charge on any atom is -0.507 e.